The second kappa shape index (κ2) is 4.64. The quantitative estimate of drug-likeness (QED) is 0.850. The maximum absolute atomic E-state index is 12.3. The number of aliphatic hydroxyl groups excluding tert-OH is 1. The Morgan fingerprint density at radius 3 is 2.63 bits per heavy atom. The molecule has 3 atom stereocenters. The number of amides is 1. The van der Waals surface area contributed by atoms with Gasteiger partial charge >= 0.3 is 0 Å². The van der Waals surface area contributed by atoms with Crippen LogP contribution in [0.3, 0.4) is 0 Å². The number of aliphatic hydroxyl groups is 1. The minimum atomic E-state index is -0.416. The summed E-state index contributed by atoms with van der Waals surface area (Å²) in [5, 5.41) is 12.6. The van der Waals surface area contributed by atoms with Gasteiger partial charge in [-0.25, -0.2) is 0 Å². The highest BCUT2D eigenvalue weighted by atomic mass is 16.3. The summed E-state index contributed by atoms with van der Waals surface area (Å²) in [5.41, 5.74) is 0.834. The first-order chi connectivity index (χ1) is 9.14. The molecule has 1 aromatic rings. The molecule has 2 fully saturated rings. The Balaban J connectivity index is 1.61. The number of rotatable bonds is 5. The molecular weight excluding hydrogens is 238 g/mol. The van der Waals surface area contributed by atoms with Crippen molar-refractivity contribution >= 4 is 5.91 Å². The summed E-state index contributed by atoms with van der Waals surface area (Å²) in [7, 11) is 0. The van der Waals surface area contributed by atoms with Gasteiger partial charge in [-0.1, -0.05) is 30.3 Å². The summed E-state index contributed by atoms with van der Waals surface area (Å²) in [6.07, 6.45) is 3.16. The summed E-state index contributed by atoms with van der Waals surface area (Å²) in [6, 6.07) is 10.2. The fourth-order valence-corrected chi connectivity index (χ4v) is 2.92. The number of hydrogen-bond acceptors (Lipinski definition) is 2. The highest BCUT2D eigenvalue weighted by molar-refractivity contribution is 5.83. The molecule has 0 saturated heterocycles. The molecule has 3 nitrogen and oxygen atoms in total. The molecule has 0 bridgehead atoms. The van der Waals surface area contributed by atoms with Crippen LogP contribution in [0.2, 0.25) is 0 Å². The summed E-state index contributed by atoms with van der Waals surface area (Å²) >= 11 is 0. The van der Waals surface area contributed by atoms with E-state index in [0.29, 0.717) is 11.8 Å². The Bertz CT molecular complexity index is 469. The van der Waals surface area contributed by atoms with Crippen molar-refractivity contribution in [2.45, 2.75) is 37.6 Å². The van der Waals surface area contributed by atoms with Crippen molar-refractivity contribution in [2.75, 3.05) is 6.61 Å². The Kier molecular flexibility index (Phi) is 3.09. The monoisotopic (exact) mass is 259 g/mol. The average Bonchev–Trinajstić information content (AvgIpc) is 3.31. The maximum atomic E-state index is 12.3. The second-order valence-electron chi connectivity index (χ2n) is 6.20. The molecule has 3 heteroatoms. The Morgan fingerprint density at radius 1 is 1.37 bits per heavy atom. The average molecular weight is 259 g/mol. The van der Waals surface area contributed by atoms with Crippen molar-refractivity contribution in [3.8, 4) is 0 Å². The van der Waals surface area contributed by atoms with Crippen molar-refractivity contribution in [1.82, 2.24) is 5.32 Å². The van der Waals surface area contributed by atoms with Crippen LogP contribution in [0.15, 0.2) is 30.3 Å². The van der Waals surface area contributed by atoms with E-state index in [4.69, 9.17) is 0 Å². The topological polar surface area (TPSA) is 49.3 Å². The molecule has 1 amide bonds. The third-order valence-corrected chi connectivity index (χ3v) is 4.57. The lowest BCUT2D eigenvalue weighted by atomic mass is 9.96. The van der Waals surface area contributed by atoms with Gasteiger partial charge in [-0.3, -0.25) is 4.79 Å². The van der Waals surface area contributed by atoms with E-state index in [1.165, 1.54) is 5.56 Å². The summed E-state index contributed by atoms with van der Waals surface area (Å²) in [6.45, 7) is 1.99. The van der Waals surface area contributed by atoms with Crippen LogP contribution >= 0.6 is 0 Å². The smallest absolute Gasteiger partial charge is 0.224 e. The molecule has 0 aromatic heterocycles. The van der Waals surface area contributed by atoms with Crippen LogP contribution in [-0.4, -0.2) is 23.2 Å². The molecule has 102 valence electrons. The fourth-order valence-electron chi connectivity index (χ4n) is 2.92. The van der Waals surface area contributed by atoms with Crippen molar-refractivity contribution < 1.29 is 9.90 Å². The number of nitrogens with one attached hydrogen (secondary N) is 1. The van der Waals surface area contributed by atoms with Gasteiger partial charge in [-0.15, -0.1) is 0 Å². The van der Waals surface area contributed by atoms with Crippen LogP contribution in [0.5, 0.6) is 0 Å². The van der Waals surface area contributed by atoms with Crippen molar-refractivity contribution in [2.24, 2.45) is 11.8 Å². The molecule has 2 aliphatic rings. The SMILES string of the molecule is CC(CO)(NC(=O)C1CC1c1ccccc1)C1CC1. The van der Waals surface area contributed by atoms with Gasteiger partial charge in [0.25, 0.3) is 0 Å². The Labute approximate surface area is 114 Å². The minimum absolute atomic E-state index is 0.0339. The normalized spacial score (nSPS) is 28.5. The zero-order valence-electron chi connectivity index (χ0n) is 11.3. The predicted octanol–water partition coefficient (Wildman–Crippen LogP) is 2.07. The van der Waals surface area contributed by atoms with Gasteiger partial charge in [-0.05, 0) is 43.6 Å². The van der Waals surface area contributed by atoms with E-state index in [0.717, 1.165) is 19.3 Å². The molecule has 19 heavy (non-hydrogen) atoms. The highest BCUT2D eigenvalue weighted by Crippen LogP contribution is 2.48. The molecule has 2 N–H and O–H groups in total. The van der Waals surface area contributed by atoms with E-state index in [1.807, 2.05) is 25.1 Å². The lowest BCUT2D eigenvalue weighted by molar-refractivity contribution is -0.125. The van der Waals surface area contributed by atoms with Crippen LogP contribution < -0.4 is 5.32 Å². The van der Waals surface area contributed by atoms with E-state index >= 15 is 0 Å². The van der Waals surface area contributed by atoms with Gasteiger partial charge in [0.1, 0.15) is 0 Å². The van der Waals surface area contributed by atoms with Crippen molar-refractivity contribution in [1.29, 1.82) is 0 Å². The first kappa shape index (κ1) is 12.7. The molecule has 0 aliphatic heterocycles. The lowest BCUT2D eigenvalue weighted by Crippen LogP contribution is -2.51. The van der Waals surface area contributed by atoms with E-state index in [-0.39, 0.29) is 18.4 Å². The third kappa shape index (κ3) is 2.52. The number of carbonyl (C=O) groups excluding carboxylic acids is 1. The van der Waals surface area contributed by atoms with E-state index in [2.05, 4.69) is 17.4 Å². The van der Waals surface area contributed by atoms with Crippen molar-refractivity contribution in [3.05, 3.63) is 35.9 Å². The third-order valence-electron chi connectivity index (χ3n) is 4.57. The van der Waals surface area contributed by atoms with Gasteiger partial charge in [0.15, 0.2) is 0 Å². The molecule has 3 rings (SSSR count). The molecule has 0 spiro atoms. The highest BCUT2D eigenvalue weighted by Gasteiger charge is 2.48. The van der Waals surface area contributed by atoms with Crippen LogP contribution in [0.25, 0.3) is 0 Å². The van der Waals surface area contributed by atoms with Crippen LogP contribution in [-0.2, 0) is 4.79 Å². The minimum Gasteiger partial charge on any atom is -0.394 e. The lowest BCUT2D eigenvalue weighted by Gasteiger charge is -2.29. The van der Waals surface area contributed by atoms with Gasteiger partial charge in [0.2, 0.25) is 5.91 Å². The van der Waals surface area contributed by atoms with Gasteiger partial charge in [0, 0.05) is 5.92 Å². The molecule has 2 aliphatic carbocycles. The number of benzene rings is 1. The summed E-state index contributed by atoms with van der Waals surface area (Å²) in [5.74, 6) is 1.02. The van der Waals surface area contributed by atoms with E-state index < -0.39 is 5.54 Å². The molecule has 0 heterocycles. The zero-order chi connectivity index (χ0) is 13.5. The first-order valence-electron chi connectivity index (χ1n) is 7.12. The molecule has 1 aromatic carbocycles. The van der Waals surface area contributed by atoms with Crippen LogP contribution in [0, 0.1) is 11.8 Å². The van der Waals surface area contributed by atoms with E-state index in [9.17, 15) is 9.90 Å². The second-order valence-corrected chi connectivity index (χ2v) is 6.20. The Hall–Kier alpha value is -1.35. The first-order valence-corrected chi connectivity index (χ1v) is 7.12. The molecule has 3 unspecified atom stereocenters. The molecule has 2 saturated carbocycles. The fraction of sp³-hybridized carbons (Fsp3) is 0.562. The Morgan fingerprint density at radius 2 is 2.05 bits per heavy atom. The number of hydrogen-bond donors (Lipinski definition) is 2. The number of carbonyl (C=O) groups is 1. The summed E-state index contributed by atoms with van der Waals surface area (Å²) < 4.78 is 0. The zero-order valence-corrected chi connectivity index (χ0v) is 11.3. The van der Waals surface area contributed by atoms with Crippen molar-refractivity contribution in [3.63, 3.8) is 0 Å². The van der Waals surface area contributed by atoms with Gasteiger partial charge < -0.3 is 10.4 Å². The predicted molar refractivity (Wildman–Crippen MR) is 73.6 cm³/mol. The summed E-state index contributed by atoms with van der Waals surface area (Å²) in [4.78, 5) is 12.3. The largest absolute Gasteiger partial charge is 0.394 e. The standard InChI is InChI=1S/C16H21NO2/c1-16(10-18,12-7-8-12)17-15(19)14-9-13(14)11-5-3-2-4-6-11/h2-6,12-14,18H,7-10H2,1H3,(H,17,19). The van der Waals surface area contributed by atoms with Crippen LogP contribution in [0.4, 0.5) is 0 Å². The van der Waals surface area contributed by atoms with E-state index in [1.54, 1.807) is 0 Å². The molecule has 0 radical (unpaired) electrons. The van der Waals surface area contributed by atoms with Gasteiger partial charge in [-0.2, -0.15) is 0 Å². The maximum Gasteiger partial charge on any atom is 0.224 e. The van der Waals surface area contributed by atoms with Gasteiger partial charge in [0.05, 0.1) is 12.1 Å². The van der Waals surface area contributed by atoms with Crippen LogP contribution in [0.1, 0.15) is 37.7 Å². The molecular formula is C16H21NO2.